The van der Waals surface area contributed by atoms with E-state index in [2.05, 4.69) is 20.3 Å². The van der Waals surface area contributed by atoms with Gasteiger partial charge in [-0.1, -0.05) is 35.5 Å². The second-order valence-corrected chi connectivity index (χ2v) is 7.33. The van der Waals surface area contributed by atoms with E-state index in [9.17, 15) is 9.18 Å². The molecule has 0 bridgehead atoms. The Morgan fingerprint density at radius 1 is 1.25 bits per heavy atom. The quantitative estimate of drug-likeness (QED) is 0.316. The highest BCUT2D eigenvalue weighted by Crippen LogP contribution is 2.25. The summed E-state index contributed by atoms with van der Waals surface area (Å²) < 4.78 is 14.0. The number of carbonyl (C=O) groups excluding carboxylic acids is 1. The van der Waals surface area contributed by atoms with Crippen molar-refractivity contribution in [3.05, 3.63) is 41.3 Å². The van der Waals surface area contributed by atoms with E-state index in [4.69, 9.17) is 16.4 Å². The Morgan fingerprint density at radius 2 is 1.96 bits per heavy atom. The number of rotatable bonds is 7. The number of para-hydroxylation sites is 1. The van der Waals surface area contributed by atoms with Crippen molar-refractivity contribution in [3.63, 3.8) is 0 Å². The molecule has 28 heavy (non-hydrogen) atoms. The van der Waals surface area contributed by atoms with Crippen LogP contribution in [0.4, 0.5) is 15.9 Å². The summed E-state index contributed by atoms with van der Waals surface area (Å²) in [5.74, 6) is 0.335. The van der Waals surface area contributed by atoms with Crippen molar-refractivity contribution in [1.82, 2.24) is 15.4 Å². The van der Waals surface area contributed by atoms with Gasteiger partial charge in [-0.05, 0) is 19.1 Å². The molecule has 3 rings (SSSR count). The van der Waals surface area contributed by atoms with E-state index in [-0.39, 0.29) is 17.5 Å². The zero-order valence-electron chi connectivity index (χ0n) is 15.4. The van der Waals surface area contributed by atoms with E-state index >= 15 is 0 Å². The molecule has 1 fully saturated rings. The first-order chi connectivity index (χ1) is 13.6. The van der Waals surface area contributed by atoms with Gasteiger partial charge in [0.15, 0.2) is 5.16 Å². The lowest BCUT2D eigenvalue weighted by atomic mass is 10.2. The minimum Gasteiger partial charge on any atom is -0.366 e. The second-order valence-electron chi connectivity index (χ2n) is 6.00. The van der Waals surface area contributed by atoms with Crippen LogP contribution >= 0.6 is 23.4 Å². The van der Waals surface area contributed by atoms with Gasteiger partial charge in [0.2, 0.25) is 0 Å². The lowest BCUT2D eigenvalue weighted by Crippen LogP contribution is -2.47. The van der Waals surface area contributed by atoms with Crippen LogP contribution in [-0.4, -0.2) is 54.4 Å². The van der Waals surface area contributed by atoms with Crippen molar-refractivity contribution in [2.45, 2.75) is 12.1 Å². The van der Waals surface area contributed by atoms with Gasteiger partial charge in [0.05, 0.1) is 18.0 Å². The van der Waals surface area contributed by atoms with Crippen molar-refractivity contribution < 1.29 is 14.0 Å². The average Bonchev–Trinajstić information content (AvgIpc) is 2.71. The molecule has 1 saturated heterocycles. The van der Waals surface area contributed by atoms with Crippen LogP contribution in [0.1, 0.15) is 6.92 Å². The third-order valence-corrected chi connectivity index (χ3v) is 5.16. The highest BCUT2D eigenvalue weighted by atomic mass is 35.5. The Balaban J connectivity index is 1.61. The molecule has 0 unspecified atom stereocenters. The SMILES string of the molecule is CCONC(=O)CSc1nc(Cl)cc(N2CCN(c3ccccc3F)CC2)n1. The van der Waals surface area contributed by atoms with Crippen LogP contribution in [0.15, 0.2) is 35.5 Å². The fourth-order valence-corrected chi connectivity index (χ4v) is 3.68. The third kappa shape index (κ3) is 5.46. The van der Waals surface area contributed by atoms with Crippen LogP contribution in [0, 0.1) is 5.82 Å². The van der Waals surface area contributed by atoms with Gasteiger partial charge in [0.25, 0.3) is 5.91 Å². The molecule has 0 atom stereocenters. The van der Waals surface area contributed by atoms with Crippen LogP contribution in [0.2, 0.25) is 5.15 Å². The number of halogens is 2. The highest BCUT2D eigenvalue weighted by Gasteiger charge is 2.21. The Hall–Kier alpha value is -2.10. The molecule has 1 aromatic carbocycles. The number of nitrogens with one attached hydrogen (secondary N) is 1. The number of hydrogen-bond donors (Lipinski definition) is 1. The first-order valence-corrected chi connectivity index (χ1v) is 10.3. The van der Waals surface area contributed by atoms with E-state index in [1.807, 2.05) is 11.0 Å². The fraction of sp³-hybridized carbons (Fsp3) is 0.389. The lowest BCUT2D eigenvalue weighted by Gasteiger charge is -2.36. The monoisotopic (exact) mass is 425 g/mol. The number of carbonyl (C=O) groups is 1. The number of piperazine rings is 1. The molecule has 0 saturated carbocycles. The Morgan fingerprint density at radius 3 is 2.68 bits per heavy atom. The molecule has 0 aliphatic carbocycles. The van der Waals surface area contributed by atoms with E-state index < -0.39 is 0 Å². The molecule has 1 amide bonds. The number of amides is 1. The van der Waals surface area contributed by atoms with E-state index in [0.29, 0.717) is 54.6 Å². The molecule has 0 spiro atoms. The van der Waals surface area contributed by atoms with E-state index in [0.717, 1.165) is 0 Å². The number of nitrogens with zero attached hydrogens (tertiary/aromatic N) is 4. The molecule has 2 aromatic rings. The van der Waals surface area contributed by atoms with E-state index in [1.54, 1.807) is 25.1 Å². The molecular formula is C18H21ClFN5O2S. The summed E-state index contributed by atoms with van der Waals surface area (Å²) in [7, 11) is 0. The van der Waals surface area contributed by atoms with Gasteiger partial charge in [-0.2, -0.15) is 0 Å². The van der Waals surface area contributed by atoms with Crippen molar-refractivity contribution in [2.75, 3.05) is 48.3 Å². The number of aromatic nitrogens is 2. The molecule has 1 aromatic heterocycles. The third-order valence-electron chi connectivity index (χ3n) is 4.12. The van der Waals surface area contributed by atoms with E-state index in [1.165, 1.54) is 17.8 Å². The Labute approximate surface area is 172 Å². The normalized spacial score (nSPS) is 14.2. The summed E-state index contributed by atoms with van der Waals surface area (Å²) in [6.07, 6.45) is 0. The van der Waals surface area contributed by atoms with Crippen molar-refractivity contribution in [3.8, 4) is 0 Å². The predicted octanol–water partition coefficient (Wildman–Crippen LogP) is 2.76. The molecule has 1 N–H and O–H groups in total. The van der Waals surface area contributed by atoms with Gasteiger partial charge in [-0.15, -0.1) is 0 Å². The zero-order valence-corrected chi connectivity index (χ0v) is 17.0. The van der Waals surface area contributed by atoms with Gasteiger partial charge in [-0.3, -0.25) is 9.63 Å². The summed E-state index contributed by atoms with van der Waals surface area (Å²) in [6.45, 7) is 4.87. The van der Waals surface area contributed by atoms with Gasteiger partial charge in [0.1, 0.15) is 16.8 Å². The van der Waals surface area contributed by atoms with Crippen molar-refractivity contribution >= 4 is 40.8 Å². The molecular weight excluding hydrogens is 405 g/mol. The number of anilines is 2. The van der Waals surface area contributed by atoms with Crippen LogP contribution in [0.25, 0.3) is 0 Å². The fourth-order valence-electron chi connectivity index (χ4n) is 2.81. The number of hydroxylamine groups is 1. The number of benzene rings is 1. The molecule has 7 nitrogen and oxygen atoms in total. The maximum atomic E-state index is 14.0. The van der Waals surface area contributed by atoms with Gasteiger partial charge >= 0.3 is 0 Å². The molecule has 2 heterocycles. The van der Waals surface area contributed by atoms with Crippen molar-refractivity contribution in [2.24, 2.45) is 0 Å². The van der Waals surface area contributed by atoms with Crippen LogP contribution < -0.4 is 15.3 Å². The highest BCUT2D eigenvalue weighted by molar-refractivity contribution is 7.99. The van der Waals surface area contributed by atoms with Gasteiger partial charge in [0, 0.05) is 32.2 Å². The predicted molar refractivity (Wildman–Crippen MR) is 108 cm³/mol. The molecule has 1 aliphatic rings. The summed E-state index contributed by atoms with van der Waals surface area (Å²) in [5.41, 5.74) is 2.94. The first kappa shape index (κ1) is 20.6. The van der Waals surface area contributed by atoms with Crippen LogP contribution in [0.3, 0.4) is 0 Å². The summed E-state index contributed by atoms with van der Waals surface area (Å²) in [5, 5.41) is 0.736. The largest absolute Gasteiger partial charge is 0.366 e. The van der Waals surface area contributed by atoms with Gasteiger partial charge < -0.3 is 9.80 Å². The van der Waals surface area contributed by atoms with Crippen LogP contribution in [-0.2, 0) is 9.63 Å². The molecule has 150 valence electrons. The molecule has 10 heteroatoms. The zero-order chi connectivity index (χ0) is 19.9. The number of hydrogen-bond acceptors (Lipinski definition) is 7. The standard InChI is InChI=1S/C18H21ClFN5O2S/c1-2-27-23-17(26)12-28-18-21-15(19)11-16(22-18)25-9-7-24(8-10-25)14-6-4-3-5-13(14)20/h3-6,11H,2,7-10,12H2,1H3,(H,23,26). The topological polar surface area (TPSA) is 70.6 Å². The summed E-state index contributed by atoms with van der Waals surface area (Å²) >= 11 is 7.32. The minimum atomic E-state index is -0.268. The van der Waals surface area contributed by atoms with Crippen molar-refractivity contribution in [1.29, 1.82) is 0 Å². The van der Waals surface area contributed by atoms with Crippen LogP contribution in [0.5, 0.6) is 0 Å². The maximum Gasteiger partial charge on any atom is 0.254 e. The summed E-state index contributed by atoms with van der Waals surface area (Å²) in [4.78, 5) is 29.3. The molecule has 0 radical (unpaired) electrons. The molecule has 1 aliphatic heterocycles. The second kappa shape index (κ2) is 9.90. The maximum absolute atomic E-state index is 14.0. The smallest absolute Gasteiger partial charge is 0.254 e. The summed E-state index contributed by atoms with van der Waals surface area (Å²) in [6, 6.07) is 8.47. The number of thioether (sulfide) groups is 1. The Kier molecular flexibility index (Phi) is 7.30. The average molecular weight is 426 g/mol. The minimum absolute atomic E-state index is 0.126. The lowest BCUT2D eigenvalue weighted by molar-refractivity contribution is -0.130. The van der Waals surface area contributed by atoms with Gasteiger partial charge in [-0.25, -0.2) is 19.8 Å². The first-order valence-electron chi connectivity index (χ1n) is 8.89. The Bertz CT molecular complexity index is 820.